The molecule has 158 valence electrons. The van der Waals surface area contributed by atoms with Gasteiger partial charge in [-0.2, -0.15) is 0 Å². The van der Waals surface area contributed by atoms with Crippen molar-refractivity contribution in [2.75, 3.05) is 30.8 Å². The fraction of sp³-hybridized carbons (Fsp3) is 0.381. The maximum Gasteiger partial charge on any atom is 0.243 e. The van der Waals surface area contributed by atoms with E-state index in [-0.39, 0.29) is 13.2 Å². The first kappa shape index (κ1) is 22.5. The first-order chi connectivity index (χ1) is 13.6. The monoisotopic (exact) mass is 420 g/mol. The number of rotatable bonds is 9. The van der Waals surface area contributed by atoms with Crippen molar-refractivity contribution in [2.45, 2.75) is 26.8 Å². The zero-order valence-corrected chi connectivity index (χ0v) is 18.2. The highest BCUT2D eigenvalue weighted by Gasteiger charge is 2.31. The maximum atomic E-state index is 12.6. The summed E-state index contributed by atoms with van der Waals surface area (Å²) in [6.07, 6.45) is 1.07. The van der Waals surface area contributed by atoms with Gasteiger partial charge in [0.05, 0.1) is 25.6 Å². The van der Waals surface area contributed by atoms with Gasteiger partial charge in [0.25, 0.3) is 0 Å². The second-order valence-electron chi connectivity index (χ2n) is 6.86. The molecular formula is C21H28N2O5S. The SMILES string of the molecule is COc1ccc(C)cc1N([C@H](C)C(=O)NCCOc1ccc(C)cc1)S(C)(=O)=O. The van der Waals surface area contributed by atoms with Crippen LogP contribution in [-0.2, 0) is 14.8 Å². The highest BCUT2D eigenvalue weighted by molar-refractivity contribution is 7.92. The molecule has 2 rings (SSSR count). The van der Waals surface area contributed by atoms with E-state index in [2.05, 4.69) is 5.32 Å². The van der Waals surface area contributed by atoms with Gasteiger partial charge in [0.1, 0.15) is 24.1 Å². The van der Waals surface area contributed by atoms with Gasteiger partial charge in [0.2, 0.25) is 15.9 Å². The molecule has 0 fully saturated rings. The number of aryl methyl sites for hydroxylation is 2. The first-order valence-corrected chi connectivity index (χ1v) is 11.1. The number of nitrogens with one attached hydrogen (secondary N) is 1. The van der Waals surface area contributed by atoms with E-state index in [9.17, 15) is 13.2 Å². The van der Waals surface area contributed by atoms with Gasteiger partial charge in [-0.1, -0.05) is 23.8 Å². The van der Waals surface area contributed by atoms with Crippen LogP contribution in [0.3, 0.4) is 0 Å². The van der Waals surface area contributed by atoms with Crippen molar-refractivity contribution >= 4 is 21.6 Å². The number of anilines is 1. The molecule has 7 nitrogen and oxygen atoms in total. The van der Waals surface area contributed by atoms with Crippen LogP contribution in [0.15, 0.2) is 42.5 Å². The maximum absolute atomic E-state index is 12.6. The van der Waals surface area contributed by atoms with Crippen molar-refractivity contribution in [3.63, 3.8) is 0 Å². The smallest absolute Gasteiger partial charge is 0.243 e. The lowest BCUT2D eigenvalue weighted by Gasteiger charge is -2.29. The quantitative estimate of drug-likeness (QED) is 0.631. The topological polar surface area (TPSA) is 84.9 Å². The normalized spacial score (nSPS) is 12.2. The highest BCUT2D eigenvalue weighted by Crippen LogP contribution is 2.32. The number of carbonyl (C=O) groups is 1. The fourth-order valence-corrected chi connectivity index (χ4v) is 4.05. The van der Waals surface area contributed by atoms with E-state index in [0.29, 0.717) is 17.2 Å². The molecule has 0 aliphatic carbocycles. The molecule has 0 saturated carbocycles. The van der Waals surface area contributed by atoms with Gasteiger partial charge < -0.3 is 14.8 Å². The molecule has 2 aromatic carbocycles. The first-order valence-electron chi connectivity index (χ1n) is 9.24. The average molecular weight is 421 g/mol. The number of benzene rings is 2. The van der Waals surface area contributed by atoms with Crippen LogP contribution in [-0.4, -0.2) is 46.9 Å². The van der Waals surface area contributed by atoms with E-state index in [0.717, 1.165) is 21.7 Å². The minimum atomic E-state index is -3.73. The van der Waals surface area contributed by atoms with Gasteiger partial charge in [-0.3, -0.25) is 9.10 Å². The molecular weight excluding hydrogens is 392 g/mol. The molecule has 2 aromatic rings. The van der Waals surface area contributed by atoms with E-state index in [1.54, 1.807) is 19.1 Å². The fourth-order valence-electron chi connectivity index (χ4n) is 2.88. The number of hydrogen-bond acceptors (Lipinski definition) is 5. The number of nitrogens with zero attached hydrogens (tertiary/aromatic N) is 1. The molecule has 0 aromatic heterocycles. The molecule has 0 bridgehead atoms. The molecule has 0 unspecified atom stereocenters. The van der Waals surface area contributed by atoms with E-state index in [1.807, 2.05) is 44.2 Å². The molecule has 8 heteroatoms. The summed E-state index contributed by atoms with van der Waals surface area (Å²) in [6, 6.07) is 11.8. The molecule has 0 saturated heterocycles. The molecule has 1 N–H and O–H groups in total. The lowest BCUT2D eigenvalue weighted by atomic mass is 10.2. The summed E-state index contributed by atoms with van der Waals surface area (Å²) < 4.78 is 36.9. The van der Waals surface area contributed by atoms with Crippen LogP contribution >= 0.6 is 0 Å². The minimum Gasteiger partial charge on any atom is -0.495 e. The number of hydrogen-bond donors (Lipinski definition) is 1. The lowest BCUT2D eigenvalue weighted by Crippen LogP contribution is -2.48. The second kappa shape index (κ2) is 9.65. The Balaban J connectivity index is 2.07. The van der Waals surface area contributed by atoms with Gasteiger partial charge in [0, 0.05) is 0 Å². The Bertz CT molecular complexity index is 942. The third-order valence-electron chi connectivity index (χ3n) is 4.35. The third-order valence-corrected chi connectivity index (χ3v) is 5.58. The molecule has 29 heavy (non-hydrogen) atoms. The highest BCUT2D eigenvalue weighted by atomic mass is 32.2. The van der Waals surface area contributed by atoms with Crippen molar-refractivity contribution in [3.8, 4) is 11.5 Å². The van der Waals surface area contributed by atoms with Gasteiger partial charge in [-0.15, -0.1) is 0 Å². The average Bonchev–Trinajstić information content (AvgIpc) is 2.65. The molecule has 0 aliphatic heterocycles. The molecule has 1 amide bonds. The van der Waals surface area contributed by atoms with Gasteiger partial charge in [-0.05, 0) is 50.6 Å². The summed E-state index contributed by atoms with van der Waals surface area (Å²) >= 11 is 0. The number of methoxy groups -OCH3 is 1. The summed E-state index contributed by atoms with van der Waals surface area (Å²) in [5.41, 5.74) is 2.31. The summed E-state index contributed by atoms with van der Waals surface area (Å²) in [6.45, 7) is 5.89. The van der Waals surface area contributed by atoms with Crippen molar-refractivity contribution < 1.29 is 22.7 Å². The molecule has 1 atom stereocenters. The van der Waals surface area contributed by atoms with Crippen LogP contribution in [0.4, 0.5) is 5.69 Å². The minimum absolute atomic E-state index is 0.250. The van der Waals surface area contributed by atoms with Crippen LogP contribution in [0.1, 0.15) is 18.1 Å². The molecule has 0 spiro atoms. The van der Waals surface area contributed by atoms with Gasteiger partial charge in [0.15, 0.2) is 0 Å². The van der Waals surface area contributed by atoms with Crippen LogP contribution in [0, 0.1) is 13.8 Å². The van der Waals surface area contributed by atoms with E-state index in [1.165, 1.54) is 7.11 Å². The zero-order chi connectivity index (χ0) is 21.6. The van der Waals surface area contributed by atoms with Crippen molar-refractivity contribution in [1.82, 2.24) is 5.32 Å². The van der Waals surface area contributed by atoms with Crippen molar-refractivity contribution in [2.24, 2.45) is 0 Å². The van der Waals surface area contributed by atoms with E-state index < -0.39 is 22.0 Å². The second-order valence-corrected chi connectivity index (χ2v) is 8.72. The van der Waals surface area contributed by atoms with Crippen LogP contribution in [0.5, 0.6) is 11.5 Å². The standard InChI is InChI=1S/C21H28N2O5S/c1-15-6-9-18(10-7-15)28-13-12-22-21(24)17(3)23(29(5,25)26)19-14-16(2)8-11-20(19)27-4/h6-11,14,17H,12-13H2,1-5H3,(H,22,24)/t17-/m1/s1. The molecule has 0 aliphatic rings. The Labute approximate surface area is 172 Å². The summed E-state index contributed by atoms with van der Waals surface area (Å²) in [5.74, 6) is 0.662. The van der Waals surface area contributed by atoms with Crippen LogP contribution < -0.4 is 19.1 Å². The largest absolute Gasteiger partial charge is 0.495 e. The number of sulfonamides is 1. The summed E-state index contributed by atoms with van der Waals surface area (Å²) in [4.78, 5) is 12.6. The Morgan fingerprint density at radius 1 is 1.10 bits per heavy atom. The Kier molecular flexibility index (Phi) is 7.50. The Morgan fingerprint density at radius 2 is 1.72 bits per heavy atom. The lowest BCUT2D eigenvalue weighted by molar-refractivity contribution is -0.121. The molecule has 0 heterocycles. The summed E-state index contributed by atoms with van der Waals surface area (Å²) in [7, 11) is -2.27. The predicted molar refractivity (Wildman–Crippen MR) is 114 cm³/mol. The Morgan fingerprint density at radius 3 is 2.31 bits per heavy atom. The number of ether oxygens (including phenoxy) is 2. The van der Waals surface area contributed by atoms with Crippen LogP contribution in [0.25, 0.3) is 0 Å². The van der Waals surface area contributed by atoms with Gasteiger partial charge in [-0.25, -0.2) is 8.42 Å². The van der Waals surface area contributed by atoms with Crippen LogP contribution in [0.2, 0.25) is 0 Å². The zero-order valence-electron chi connectivity index (χ0n) is 17.4. The number of amides is 1. The Hall–Kier alpha value is -2.74. The molecule has 0 radical (unpaired) electrons. The van der Waals surface area contributed by atoms with Crippen molar-refractivity contribution in [1.29, 1.82) is 0 Å². The number of carbonyl (C=O) groups excluding carboxylic acids is 1. The summed E-state index contributed by atoms with van der Waals surface area (Å²) in [5, 5.41) is 2.73. The van der Waals surface area contributed by atoms with Gasteiger partial charge >= 0.3 is 0 Å². The van der Waals surface area contributed by atoms with E-state index in [4.69, 9.17) is 9.47 Å². The van der Waals surface area contributed by atoms with Crippen molar-refractivity contribution in [3.05, 3.63) is 53.6 Å². The predicted octanol–water partition coefficient (Wildman–Crippen LogP) is 2.66. The third kappa shape index (κ3) is 6.12. The van der Waals surface area contributed by atoms with E-state index >= 15 is 0 Å².